The average Bonchev–Trinajstić information content (AvgIpc) is 1.89. The summed E-state index contributed by atoms with van der Waals surface area (Å²) in [7, 11) is 0. The van der Waals surface area contributed by atoms with Gasteiger partial charge in [0, 0.05) is 0 Å². The normalized spacial score (nSPS) is 5.82. The van der Waals surface area contributed by atoms with Crippen molar-refractivity contribution in [3.05, 3.63) is 0 Å². The van der Waals surface area contributed by atoms with Crippen LogP contribution in [-0.4, -0.2) is 62.2 Å². The molecule has 56 valence electrons. The molecule has 7 heteroatoms. The van der Waals surface area contributed by atoms with Gasteiger partial charge >= 0.3 is 37.7 Å². The predicted molar refractivity (Wildman–Crippen MR) is 27.9 cm³/mol. The van der Waals surface area contributed by atoms with Crippen LogP contribution in [0.15, 0.2) is 0 Å². The zero-order valence-electron chi connectivity index (χ0n) is 5.31. The van der Waals surface area contributed by atoms with Crippen LogP contribution in [0.2, 0.25) is 0 Å². The zero-order valence-corrected chi connectivity index (χ0v) is 7.52. The first kappa shape index (κ1) is 16.9. The molecule has 0 radical (unpaired) electrons. The fourth-order valence-corrected chi connectivity index (χ4v) is 0. The number of carbonyl (C=O) groups excluding carboxylic acids is 4. The maximum absolute atomic E-state index is 8.89. The number of aliphatic carboxylic acids is 2. The first-order valence-corrected chi connectivity index (χ1v) is 1.87. The van der Waals surface area contributed by atoms with Crippen molar-refractivity contribution in [3.63, 3.8) is 0 Å². The fraction of sp³-hybridized carbons (Fsp3) is 0. The number of aldehydes is 2. The van der Waals surface area contributed by atoms with E-state index < -0.39 is 11.9 Å². The molecule has 0 amide bonds. The smallest absolute Gasteiger partial charge is 0.542 e. The van der Waals surface area contributed by atoms with Gasteiger partial charge in [-0.05, 0) is 0 Å². The third kappa shape index (κ3) is 43.3. The van der Waals surface area contributed by atoms with E-state index in [1.54, 1.807) is 0 Å². The van der Waals surface area contributed by atoms with Crippen LogP contribution < -0.4 is 10.2 Å². The van der Waals surface area contributed by atoms with Crippen LogP contribution in [0.3, 0.4) is 0 Å². The van der Waals surface area contributed by atoms with Gasteiger partial charge in [0.05, 0.1) is 0 Å². The van der Waals surface area contributed by atoms with Gasteiger partial charge in [-0.25, -0.2) is 0 Å². The van der Waals surface area contributed by atoms with E-state index in [-0.39, 0.29) is 50.3 Å². The van der Waals surface area contributed by atoms with Gasteiger partial charge in [-0.2, -0.15) is 0 Å². The van der Waals surface area contributed by atoms with Crippen LogP contribution in [-0.2, 0) is 19.2 Å². The molecule has 0 saturated carbocycles. The van der Waals surface area contributed by atoms with E-state index in [1.807, 2.05) is 0 Å². The summed E-state index contributed by atoms with van der Waals surface area (Å²) in [5, 5.41) is 17.8. The third-order valence-electron chi connectivity index (χ3n) is 0.192. The number of hydrogen-bond acceptors (Lipinski definition) is 6. The predicted octanol–water partition coefficient (Wildman–Crippen LogP) is -4.51. The minimum atomic E-state index is -1.68. The Morgan fingerprint density at radius 2 is 1.00 bits per heavy atom. The molecule has 0 unspecified atom stereocenters. The van der Waals surface area contributed by atoms with E-state index >= 15 is 0 Å². The molecular formula is C4H2CaO6. The Kier molecular flexibility index (Phi) is 18.8. The van der Waals surface area contributed by atoms with Gasteiger partial charge in [0.2, 0.25) is 0 Å². The van der Waals surface area contributed by atoms with E-state index in [0.717, 1.165) is 0 Å². The molecule has 0 spiro atoms. The van der Waals surface area contributed by atoms with Crippen LogP contribution in [0, 0.1) is 0 Å². The van der Waals surface area contributed by atoms with E-state index in [2.05, 4.69) is 0 Å². The van der Waals surface area contributed by atoms with Crippen LogP contribution in [0.4, 0.5) is 0 Å². The summed E-state index contributed by atoms with van der Waals surface area (Å²) < 4.78 is 0. The monoisotopic (exact) mass is 186 g/mol. The quantitative estimate of drug-likeness (QED) is 0.244. The van der Waals surface area contributed by atoms with Gasteiger partial charge in [-0.15, -0.1) is 0 Å². The Hall–Kier alpha value is -0.460. The molecule has 11 heavy (non-hydrogen) atoms. The summed E-state index contributed by atoms with van der Waals surface area (Å²) in [6.07, 6.45) is -0.556. The van der Waals surface area contributed by atoms with Crippen molar-refractivity contribution in [3.8, 4) is 0 Å². The molecule has 0 bridgehead atoms. The number of hydrogen-bond donors (Lipinski definition) is 0. The molecule has 0 heterocycles. The first-order valence-electron chi connectivity index (χ1n) is 1.87. The van der Waals surface area contributed by atoms with E-state index in [4.69, 9.17) is 29.4 Å². The molecule has 0 aromatic rings. The summed E-state index contributed by atoms with van der Waals surface area (Å²) >= 11 is 0. The van der Waals surface area contributed by atoms with Crippen LogP contribution in [0.1, 0.15) is 0 Å². The van der Waals surface area contributed by atoms with Gasteiger partial charge in [0.15, 0.2) is 12.6 Å². The van der Waals surface area contributed by atoms with E-state index in [1.165, 1.54) is 0 Å². The molecule has 0 N–H and O–H groups in total. The van der Waals surface area contributed by atoms with Gasteiger partial charge in [-0.3, -0.25) is 9.59 Å². The van der Waals surface area contributed by atoms with Crippen molar-refractivity contribution in [2.24, 2.45) is 0 Å². The van der Waals surface area contributed by atoms with Crippen LogP contribution in [0.25, 0.3) is 0 Å². The van der Waals surface area contributed by atoms with Gasteiger partial charge < -0.3 is 19.8 Å². The average molecular weight is 186 g/mol. The molecular weight excluding hydrogens is 184 g/mol. The summed E-state index contributed by atoms with van der Waals surface area (Å²) in [5.41, 5.74) is 0. The fourth-order valence-electron chi connectivity index (χ4n) is 0. The van der Waals surface area contributed by atoms with Crippen molar-refractivity contribution >= 4 is 62.2 Å². The van der Waals surface area contributed by atoms with Crippen molar-refractivity contribution in [2.45, 2.75) is 0 Å². The Morgan fingerprint density at radius 3 is 1.00 bits per heavy atom. The number of carbonyl (C=O) groups is 4. The van der Waals surface area contributed by atoms with Crippen LogP contribution >= 0.6 is 0 Å². The number of carboxylic acids is 2. The number of carboxylic acid groups (broad SMARTS) is 2. The molecule has 6 nitrogen and oxygen atoms in total. The summed E-state index contributed by atoms with van der Waals surface area (Å²) in [6.45, 7) is 0. The van der Waals surface area contributed by atoms with Crippen molar-refractivity contribution in [1.82, 2.24) is 0 Å². The summed E-state index contributed by atoms with van der Waals surface area (Å²) in [4.78, 5) is 35.5. The Morgan fingerprint density at radius 1 is 0.909 bits per heavy atom. The third-order valence-corrected chi connectivity index (χ3v) is 0.192. The standard InChI is InChI=1S/2C2H2O3.Ca/c2*3-1-2(4)5;/h2*1H,(H,4,5);/q;;+2/p-2. The van der Waals surface area contributed by atoms with E-state index in [9.17, 15) is 0 Å². The number of rotatable bonds is 2. The largest absolute Gasteiger partial charge is 2.00 e. The molecule has 0 aliphatic heterocycles. The maximum Gasteiger partial charge on any atom is 2.00 e. The second-order valence-electron chi connectivity index (χ2n) is 0.874. The SMILES string of the molecule is O=CC(=O)[O-].O=CC(=O)[O-].[Ca+2]. The van der Waals surface area contributed by atoms with E-state index in [0.29, 0.717) is 0 Å². The summed E-state index contributed by atoms with van der Waals surface area (Å²) in [6, 6.07) is 0. The minimum Gasteiger partial charge on any atom is -0.542 e. The molecule has 0 rings (SSSR count). The van der Waals surface area contributed by atoms with Crippen molar-refractivity contribution in [1.29, 1.82) is 0 Å². The zero-order chi connectivity index (χ0) is 8.57. The Balaban J connectivity index is -0.000000107. The van der Waals surface area contributed by atoms with Crippen LogP contribution in [0.5, 0.6) is 0 Å². The topological polar surface area (TPSA) is 114 Å². The first-order chi connectivity index (χ1) is 4.54. The summed E-state index contributed by atoms with van der Waals surface area (Å²) in [5.74, 6) is -3.35. The maximum atomic E-state index is 8.89. The molecule has 0 aromatic heterocycles. The Labute approximate surface area is 91.2 Å². The van der Waals surface area contributed by atoms with Gasteiger partial charge in [-0.1, -0.05) is 0 Å². The van der Waals surface area contributed by atoms with Gasteiger partial charge in [0.1, 0.15) is 11.9 Å². The van der Waals surface area contributed by atoms with Crippen molar-refractivity contribution in [2.75, 3.05) is 0 Å². The molecule has 0 aliphatic carbocycles. The second kappa shape index (κ2) is 12.2. The molecule has 0 fully saturated rings. The minimum absolute atomic E-state index is 0. The second-order valence-corrected chi connectivity index (χ2v) is 0.874. The molecule has 0 atom stereocenters. The Bertz CT molecular complexity index is 135. The van der Waals surface area contributed by atoms with Crippen molar-refractivity contribution < 1.29 is 29.4 Å². The molecule has 0 aromatic carbocycles. The molecule has 0 saturated heterocycles. The molecule has 0 aliphatic rings. The van der Waals surface area contributed by atoms with Gasteiger partial charge in [0.25, 0.3) is 0 Å².